The summed E-state index contributed by atoms with van der Waals surface area (Å²) < 4.78 is 38.3. The number of methoxy groups -OCH3 is 1. The van der Waals surface area contributed by atoms with Crippen LogP contribution in [0.3, 0.4) is 0 Å². The third kappa shape index (κ3) is 4.37. The molecule has 1 aromatic heterocycles. The Labute approximate surface area is 195 Å². The Morgan fingerprint density at radius 3 is 2.38 bits per heavy atom. The largest absolute Gasteiger partial charge is 0.497 e. The average Bonchev–Trinajstić information content (AvgIpc) is 3.41. The molecule has 3 heterocycles. The van der Waals surface area contributed by atoms with Crippen LogP contribution in [0.15, 0.2) is 42.5 Å². The number of benzene rings is 2. The van der Waals surface area contributed by atoms with Crippen molar-refractivity contribution in [1.29, 1.82) is 0 Å². The summed E-state index contributed by atoms with van der Waals surface area (Å²) >= 11 is 0. The molecule has 1 saturated heterocycles. The highest BCUT2D eigenvalue weighted by atomic mass is 19.2. The lowest BCUT2D eigenvalue weighted by molar-refractivity contribution is 0.0732. The number of anilines is 1. The molecule has 176 valence electrons. The minimum atomic E-state index is -1.00. The van der Waals surface area contributed by atoms with Crippen LogP contribution in [0, 0.1) is 11.6 Å². The van der Waals surface area contributed by atoms with E-state index < -0.39 is 11.6 Å². The molecule has 0 aliphatic carbocycles. The first-order chi connectivity index (χ1) is 16.5. The summed E-state index contributed by atoms with van der Waals surface area (Å²) in [6.45, 7) is 2.45. The molecule has 0 unspecified atom stereocenters. The van der Waals surface area contributed by atoms with Gasteiger partial charge >= 0.3 is 0 Å². The van der Waals surface area contributed by atoms with Gasteiger partial charge in [-0.25, -0.2) is 13.8 Å². The third-order valence-corrected chi connectivity index (χ3v) is 6.13. The van der Waals surface area contributed by atoms with Crippen LogP contribution in [0.5, 0.6) is 17.4 Å². The first-order valence-electron chi connectivity index (χ1n) is 11.2. The van der Waals surface area contributed by atoms with E-state index in [1.165, 1.54) is 6.07 Å². The van der Waals surface area contributed by atoms with Gasteiger partial charge in [0.1, 0.15) is 11.5 Å². The molecule has 2 aromatic carbocycles. The zero-order valence-corrected chi connectivity index (χ0v) is 18.8. The van der Waals surface area contributed by atoms with Crippen LogP contribution in [0.1, 0.15) is 34.5 Å². The summed E-state index contributed by atoms with van der Waals surface area (Å²) in [6.07, 6.45) is 2.66. The molecule has 7 nitrogen and oxygen atoms in total. The molecule has 3 aromatic rings. The summed E-state index contributed by atoms with van der Waals surface area (Å²) in [5.41, 5.74) is 2.01. The second-order valence-corrected chi connectivity index (χ2v) is 8.33. The zero-order valence-electron chi connectivity index (χ0n) is 18.8. The van der Waals surface area contributed by atoms with E-state index in [9.17, 15) is 13.6 Å². The molecule has 5 rings (SSSR count). The number of hydrogen-bond donors (Lipinski definition) is 0. The van der Waals surface area contributed by atoms with Crippen molar-refractivity contribution in [3.05, 3.63) is 70.9 Å². The third-order valence-electron chi connectivity index (χ3n) is 6.13. The minimum absolute atomic E-state index is 0.129. The summed E-state index contributed by atoms with van der Waals surface area (Å²) in [5, 5.41) is 0. The number of rotatable bonds is 5. The summed E-state index contributed by atoms with van der Waals surface area (Å²) in [4.78, 5) is 26.3. The molecule has 0 spiro atoms. The molecule has 9 heteroatoms. The van der Waals surface area contributed by atoms with Gasteiger partial charge in [0.15, 0.2) is 11.6 Å². The number of nitrogens with zero attached hydrogens (tertiary/aromatic N) is 4. The normalized spacial score (nSPS) is 15.3. The van der Waals surface area contributed by atoms with E-state index in [0.717, 1.165) is 43.8 Å². The minimum Gasteiger partial charge on any atom is -0.497 e. The number of carbonyl (C=O) groups excluding carboxylic acids is 1. The van der Waals surface area contributed by atoms with E-state index in [-0.39, 0.29) is 24.1 Å². The summed E-state index contributed by atoms with van der Waals surface area (Å²) in [5.74, 6) is -0.469. The van der Waals surface area contributed by atoms with E-state index in [1.54, 1.807) is 36.3 Å². The van der Waals surface area contributed by atoms with Crippen molar-refractivity contribution in [2.75, 3.05) is 31.6 Å². The number of fused-ring (bicyclic) bond motifs is 1. The molecule has 0 saturated carbocycles. The number of ether oxygens (including phenoxy) is 2. The molecule has 2 aliphatic rings. The van der Waals surface area contributed by atoms with Crippen LogP contribution in [0.2, 0.25) is 0 Å². The molecular formula is C25H24F2N4O3. The first-order valence-corrected chi connectivity index (χ1v) is 11.2. The smallest absolute Gasteiger partial charge is 0.254 e. The maximum atomic E-state index is 13.8. The van der Waals surface area contributed by atoms with Crippen molar-refractivity contribution in [1.82, 2.24) is 14.9 Å². The topological polar surface area (TPSA) is 67.8 Å². The fraction of sp³-hybridized carbons (Fsp3) is 0.320. The second-order valence-electron chi connectivity index (χ2n) is 8.33. The zero-order chi connectivity index (χ0) is 23.7. The Bertz CT molecular complexity index is 1210. The highest BCUT2D eigenvalue weighted by Gasteiger charge is 2.29. The Kier molecular flexibility index (Phi) is 6.00. The molecule has 0 radical (unpaired) electrons. The standard InChI is InChI=1S/C25H24F2N4O3/c1-33-17-6-4-16(5-7-17)24(32)31-13-10-22-19(15-31)23(29-25(28-22)30-11-2-3-12-30)34-18-8-9-20(26)21(27)14-18/h4-9,14H,2-3,10-13,15H2,1H3. The molecule has 2 aliphatic heterocycles. The predicted molar refractivity (Wildman–Crippen MR) is 121 cm³/mol. The van der Waals surface area contributed by atoms with Gasteiger partial charge < -0.3 is 19.3 Å². The monoisotopic (exact) mass is 466 g/mol. The van der Waals surface area contributed by atoms with Crippen LogP contribution in [-0.4, -0.2) is 47.5 Å². The Morgan fingerprint density at radius 1 is 0.941 bits per heavy atom. The van der Waals surface area contributed by atoms with Gasteiger partial charge in [-0.2, -0.15) is 4.98 Å². The van der Waals surface area contributed by atoms with Crippen molar-refractivity contribution >= 4 is 11.9 Å². The van der Waals surface area contributed by atoms with E-state index in [2.05, 4.69) is 9.88 Å². The Balaban J connectivity index is 1.47. The van der Waals surface area contributed by atoms with Crippen molar-refractivity contribution in [3.63, 3.8) is 0 Å². The van der Waals surface area contributed by atoms with E-state index >= 15 is 0 Å². The number of hydrogen-bond acceptors (Lipinski definition) is 6. The molecule has 0 bridgehead atoms. The van der Waals surface area contributed by atoms with Gasteiger partial charge in [0.25, 0.3) is 5.91 Å². The molecule has 0 atom stereocenters. The maximum absolute atomic E-state index is 13.8. The van der Waals surface area contributed by atoms with Gasteiger partial charge in [0, 0.05) is 37.7 Å². The fourth-order valence-corrected chi connectivity index (χ4v) is 4.26. The Morgan fingerprint density at radius 2 is 1.68 bits per heavy atom. The summed E-state index contributed by atoms with van der Waals surface area (Å²) in [6, 6.07) is 10.3. The van der Waals surface area contributed by atoms with Crippen molar-refractivity contribution in [3.8, 4) is 17.4 Å². The number of carbonyl (C=O) groups is 1. The second kappa shape index (κ2) is 9.24. The number of amides is 1. The number of aromatic nitrogens is 2. The quantitative estimate of drug-likeness (QED) is 0.557. The number of halogens is 2. The fourth-order valence-electron chi connectivity index (χ4n) is 4.26. The van der Waals surface area contributed by atoms with Crippen molar-refractivity contribution < 1.29 is 23.0 Å². The van der Waals surface area contributed by atoms with Crippen molar-refractivity contribution in [2.45, 2.75) is 25.8 Å². The molecule has 1 fully saturated rings. The van der Waals surface area contributed by atoms with Crippen LogP contribution in [-0.2, 0) is 13.0 Å². The van der Waals surface area contributed by atoms with E-state index in [4.69, 9.17) is 14.5 Å². The van der Waals surface area contributed by atoms with Crippen LogP contribution in [0.4, 0.5) is 14.7 Å². The van der Waals surface area contributed by atoms with E-state index in [1.807, 2.05) is 0 Å². The van der Waals surface area contributed by atoms with Gasteiger partial charge in [-0.3, -0.25) is 4.79 Å². The van der Waals surface area contributed by atoms with Gasteiger partial charge in [0.05, 0.1) is 24.9 Å². The molecular weight excluding hydrogens is 442 g/mol. The lowest BCUT2D eigenvalue weighted by Gasteiger charge is -2.30. The maximum Gasteiger partial charge on any atom is 0.254 e. The molecule has 34 heavy (non-hydrogen) atoms. The average molecular weight is 466 g/mol. The lowest BCUT2D eigenvalue weighted by atomic mass is 10.0. The molecule has 1 amide bonds. The lowest BCUT2D eigenvalue weighted by Crippen LogP contribution is -2.37. The highest BCUT2D eigenvalue weighted by Crippen LogP contribution is 2.33. The van der Waals surface area contributed by atoms with Gasteiger partial charge in [0.2, 0.25) is 11.8 Å². The van der Waals surface area contributed by atoms with Crippen LogP contribution in [0.25, 0.3) is 0 Å². The van der Waals surface area contributed by atoms with E-state index in [0.29, 0.717) is 35.8 Å². The Hall–Kier alpha value is -3.75. The highest BCUT2D eigenvalue weighted by molar-refractivity contribution is 5.94. The first kappa shape index (κ1) is 22.1. The molecule has 0 N–H and O–H groups in total. The SMILES string of the molecule is COc1ccc(C(=O)N2CCc3nc(N4CCCC4)nc(Oc4ccc(F)c(F)c4)c3C2)cc1. The predicted octanol–water partition coefficient (Wildman–Crippen LogP) is 4.35. The van der Waals surface area contributed by atoms with Crippen molar-refractivity contribution in [2.24, 2.45) is 0 Å². The van der Waals surface area contributed by atoms with Crippen LogP contribution >= 0.6 is 0 Å². The van der Waals surface area contributed by atoms with Gasteiger partial charge in [-0.15, -0.1) is 0 Å². The van der Waals surface area contributed by atoms with Crippen LogP contribution < -0.4 is 14.4 Å². The summed E-state index contributed by atoms with van der Waals surface area (Å²) in [7, 11) is 1.57. The van der Waals surface area contributed by atoms with Gasteiger partial charge in [-0.05, 0) is 49.2 Å². The van der Waals surface area contributed by atoms with Gasteiger partial charge in [-0.1, -0.05) is 0 Å².